The highest BCUT2D eigenvalue weighted by atomic mass is 35.5. The van der Waals surface area contributed by atoms with Gasteiger partial charge in [0.1, 0.15) is 5.69 Å². The van der Waals surface area contributed by atoms with Gasteiger partial charge in [-0.1, -0.05) is 0 Å². The van der Waals surface area contributed by atoms with E-state index in [9.17, 15) is 4.79 Å². The maximum Gasteiger partial charge on any atom is 0.178 e. The Labute approximate surface area is 65.2 Å². The highest BCUT2D eigenvalue weighted by Gasteiger charge is 2.00. The average molecular weight is 161 g/mol. The zero-order valence-electron chi connectivity index (χ0n) is 5.57. The minimum Gasteiger partial charge on any atom is -0.339 e. The number of hydrogen-bond donors (Lipinski definition) is 1. The standard InChI is InChI=1S/C6H8N2O.ClH/c1-5(9)6-3-2-4-8(6)7;/h2-4H,7H2,1H3;1H. The predicted molar refractivity (Wildman–Crippen MR) is 41.8 cm³/mol. The predicted octanol–water partition coefficient (Wildman–Crippen LogP) is 0.826. The third-order valence-electron chi connectivity index (χ3n) is 1.14. The maximum absolute atomic E-state index is 10.6. The summed E-state index contributed by atoms with van der Waals surface area (Å²) in [4.78, 5) is 10.6. The molecule has 1 rings (SSSR count). The smallest absolute Gasteiger partial charge is 0.178 e. The fourth-order valence-corrected chi connectivity index (χ4v) is 0.692. The Morgan fingerprint density at radius 2 is 2.30 bits per heavy atom. The molecule has 1 aromatic rings. The first-order chi connectivity index (χ1) is 4.22. The molecule has 0 aliphatic carbocycles. The van der Waals surface area contributed by atoms with Crippen molar-refractivity contribution >= 4 is 18.2 Å². The highest BCUT2D eigenvalue weighted by molar-refractivity contribution is 5.92. The summed E-state index contributed by atoms with van der Waals surface area (Å²) in [5, 5.41) is 0. The van der Waals surface area contributed by atoms with Crippen molar-refractivity contribution in [3.05, 3.63) is 24.0 Å². The lowest BCUT2D eigenvalue weighted by molar-refractivity contribution is 0.101. The van der Waals surface area contributed by atoms with Crippen molar-refractivity contribution in [2.75, 3.05) is 5.84 Å². The molecule has 3 nitrogen and oxygen atoms in total. The van der Waals surface area contributed by atoms with E-state index < -0.39 is 0 Å². The lowest BCUT2D eigenvalue weighted by Gasteiger charge is -1.94. The van der Waals surface area contributed by atoms with Crippen LogP contribution in [0.2, 0.25) is 0 Å². The molecule has 0 bridgehead atoms. The van der Waals surface area contributed by atoms with Gasteiger partial charge < -0.3 is 5.84 Å². The zero-order valence-corrected chi connectivity index (χ0v) is 6.39. The molecule has 0 saturated heterocycles. The van der Waals surface area contributed by atoms with E-state index in [0.29, 0.717) is 5.69 Å². The van der Waals surface area contributed by atoms with Gasteiger partial charge in [-0.3, -0.25) is 9.47 Å². The minimum atomic E-state index is -0.0116. The van der Waals surface area contributed by atoms with Gasteiger partial charge >= 0.3 is 0 Å². The van der Waals surface area contributed by atoms with E-state index in [1.54, 1.807) is 18.3 Å². The Hall–Kier alpha value is -0.960. The van der Waals surface area contributed by atoms with E-state index in [2.05, 4.69) is 0 Å². The Kier molecular flexibility index (Phi) is 2.96. The number of halogens is 1. The Bertz CT molecular complexity index is 231. The number of ketones is 1. The van der Waals surface area contributed by atoms with E-state index >= 15 is 0 Å². The van der Waals surface area contributed by atoms with Crippen molar-refractivity contribution in [3.8, 4) is 0 Å². The molecule has 0 unspecified atom stereocenters. The Morgan fingerprint density at radius 1 is 1.70 bits per heavy atom. The number of Topliss-reactive ketones (excluding diaryl/α,β-unsaturated/α-hetero) is 1. The molecule has 0 radical (unpaired) electrons. The highest BCUT2D eigenvalue weighted by Crippen LogP contribution is 1.96. The van der Waals surface area contributed by atoms with Crippen molar-refractivity contribution < 1.29 is 4.79 Å². The SMILES string of the molecule is CC(=O)c1cccn1N.Cl. The van der Waals surface area contributed by atoms with E-state index in [0.717, 1.165) is 0 Å². The first-order valence-corrected chi connectivity index (χ1v) is 2.65. The summed E-state index contributed by atoms with van der Waals surface area (Å²) in [5.41, 5.74) is 0.537. The van der Waals surface area contributed by atoms with Gasteiger partial charge in [0.25, 0.3) is 0 Å². The molecule has 0 aromatic carbocycles. The number of rotatable bonds is 1. The van der Waals surface area contributed by atoms with Crippen molar-refractivity contribution in [1.29, 1.82) is 0 Å². The third kappa shape index (κ3) is 1.51. The summed E-state index contributed by atoms with van der Waals surface area (Å²) in [7, 11) is 0. The third-order valence-corrected chi connectivity index (χ3v) is 1.14. The van der Waals surface area contributed by atoms with Gasteiger partial charge in [0, 0.05) is 13.1 Å². The largest absolute Gasteiger partial charge is 0.339 e. The molecule has 0 aliphatic rings. The minimum absolute atomic E-state index is 0. The fraction of sp³-hybridized carbons (Fsp3) is 0.167. The number of nitrogen functional groups attached to an aromatic ring is 1. The Morgan fingerprint density at radius 3 is 2.50 bits per heavy atom. The van der Waals surface area contributed by atoms with Gasteiger partial charge in [-0.15, -0.1) is 12.4 Å². The van der Waals surface area contributed by atoms with E-state index in [-0.39, 0.29) is 18.2 Å². The number of nitrogens with zero attached hydrogens (tertiary/aromatic N) is 1. The van der Waals surface area contributed by atoms with Crippen LogP contribution in [0.15, 0.2) is 18.3 Å². The van der Waals surface area contributed by atoms with E-state index in [1.165, 1.54) is 11.6 Å². The number of carbonyl (C=O) groups is 1. The van der Waals surface area contributed by atoms with Crippen molar-refractivity contribution in [1.82, 2.24) is 4.68 Å². The second kappa shape index (κ2) is 3.27. The van der Waals surface area contributed by atoms with Gasteiger partial charge in [0.2, 0.25) is 0 Å². The molecular formula is C6H9ClN2O. The van der Waals surface area contributed by atoms with Crippen LogP contribution in [0, 0.1) is 0 Å². The molecule has 0 atom stereocenters. The van der Waals surface area contributed by atoms with Crippen LogP contribution < -0.4 is 5.84 Å². The lowest BCUT2D eigenvalue weighted by Crippen LogP contribution is -2.12. The second-order valence-corrected chi connectivity index (χ2v) is 1.86. The molecule has 0 amide bonds. The summed E-state index contributed by atoms with van der Waals surface area (Å²) in [6.45, 7) is 1.48. The molecule has 0 aliphatic heterocycles. The molecule has 56 valence electrons. The van der Waals surface area contributed by atoms with Crippen LogP contribution in [-0.4, -0.2) is 10.5 Å². The van der Waals surface area contributed by atoms with Gasteiger partial charge in [0.15, 0.2) is 5.78 Å². The van der Waals surface area contributed by atoms with Gasteiger partial charge in [0.05, 0.1) is 0 Å². The van der Waals surface area contributed by atoms with Crippen LogP contribution in [0.3, 0.4) is 0 Å². The lowest BCUT2D eigenvalue weighted by atomic mass is 10.3. The number of hydrogen-bond acceptors (Lipinski definition) is 2. The molecule has 10 heavy (non-hydrogen) atoms. The van der Waals surface area contributed by atoms with Crippen LogP contribution >= 0.6 is 12.4 Å². The van der Waals surface area contributed by atoms with Crippen molar-refractivity contribution in [2.24, 2.45) is 0 Å². The quantitative estimate of drug-likeness (QED) is 0.489. The maximum atomic E-state index is 10.6. The molecule has 1 aromatic heterocycles. The summed E-state index contributed by atoms with van der Waals surface area (Å²) >= 11 is 0. The fourth-order valence-electron chi connectivity index (χ4n) is 0.692. The van der Waals surface area contributed by atoms with E-state index in [1.807, 2.05) is 0 Å². The second-order valence-electron chi connectivity index (χ2n) is 1.86. The summed E-state index contributed by atoms with van der Waals surface area (Å²) in [5.74, 6) is 5.33. The normalized spacial score (nSPS) is 8.50. The molecule has 0 fully saturated rings. The molecule has 1 heterocycles. The molecular weight excluding hydrogens is 152 g/mol. The Balaban J connectivity index is 0.000000810. The van der Waals surface area contributed by atoms with Crippen molar-refractivity contribution in [3.63, 3.8) is 0 Å². The van der Waals surface area contributed by atoms with Gasteiger partial charge in [-0.05, 0) is 12.1 Å². The van der Waals surface area contributed by atoms with Crippen LogP contribution in [0.4, 0.5) is 0 Å². The summed E-state index contributed by atoms with van der Waals surface area (Å²) in [6.07, 6.45) is 1.64. The number of nitrogens with two attached hydrogens (primary N) is 1. The van der Waals surface area contributed by atoms with Crippen molar-refractivity contribution in [2.45, 2.75) is 6.92 Å². The number of carbonyl (C=O) groups excluding carboxylic acids is 1. The number of aromatic nitrogens is 1. The molecule has 0 spiro atoms. The molecule has 2 N–H and O–H groups in total. The molecule has 4 heteroatoms. The van der Waals surface area contributed by atoms with Crippen LogP contribution in [-0.2, 0) is 0 Å². The zero-order chi connectivity index (χ0) is 6.85. The van der Waals surface area contributed by atoms with Gasteiger partial charge in [-0.25, -0.2) is 0 Å². The summed E-state index contributed by atoms with van der Waals surface area (Å²) in [6, 6.07) is 3.42. The first kappa shape index (κ1) is 9.04. The van der Waals surface area contributed by atoms with Gasteiger partial charge in [-0.2, -0.15) is 0 Å². The van der Waals surface area contributed by atoms with Crippen LogP contribution in [0.1, 0.15) is 17.4 Å². The van der Waals surface area contributed by atoms with E-state index in [4.69, 9.17) is 5.84 Å². The van der Waals surface area contributed by atoms with Crippen LogP contribution in [0.5, 0.6) is 0 Å². The van der Waals surface area contributed by atoms with Crippen LogP contribution in [0.25, 0.3) is 0 Å². The average Bonchev–Trinajstić information content (AvgIpc) is 2.13. The molecule has 0 saturated carbocycles. The first-order valence-electron chi connectivity index (χ1n) is 2.65. The topological polar surface area (TPSA) is 48.0 Å². The summed E-state index contributed by atoms with van der Waals surface area (Å²) < 4.78 is 1.31. The monoisotopic (exact) mass is 160 g/mol.